The molecule has 0 saturated carbocycles. The molecule has 9 aromatic carbocycles. The lowest BCUT2D eigenvalue weighted by Crippen LogP contribution is -2.11. The van der Waals surface area contributed by atoms with Gasteiger partial charge in [-0.1, -0.05) is 152 Å². The molecule has 2 heterocycles. The fourth-order valence-electron chi connectivity index (χ4n) is 8.32. The Morgan fingerprint density at radius 3 is 1.76 bits per heavy atom. The molecule has 0 radical (unpaired) electrons. The van der Waals surface area contributed by atoms with Gasteiger partial charge in [-0.25, -0.2) is 9.97 Å². The summed E-state index contributed by atoms with van der Waals surface area (Å²) in [6, 6.07) is 74.4. The normalized spacial score (nSPS) is 11.4. The van der Waals surface area contributed by atoms with Gasteiger partial charge < -0.3 is 9.32 Å². The van der Waals surface area contributed by atoms with Gasteiger partial charge in [-0.3, -0.25) is 0 Å². The minimum absolute atomic E-state index is 0.691. The van der Waals surface area contributed by atoms with Crippen molar-refractivity contribution in [1.82, 2.24) is 9.97 Å². The largest absolute Gasteiger partial charge is 0.456 e. The molecule has 0 amide bonds. The summed E-state index contributed by atoms with van der Waals surface area (Å²) in [4.78, 5) is 12.9. The highest BCUT2D eigenvalue weighted by Crippen LogP contribution is 2.43. The monoisotopic (exact) mass is 741 g/mol. The zero-order valence-electron chi connectivity index (χ0n) is 31.5. The number of rotatable bonds is 7. The number of nitrogens with zero attached hydrogens (tertiary/aromatic N) is 3. The van der Waals surface area contributed by atoms with Gasteiger partial charge in [0.1, 0.15) is 11.2 Å². The number of hydrogen-bond acceptors (Lipinski definition) is 4. The average molecular weight is 742 g/mol. The van der Waals surface area contributed by atoms with Crippen molar-refractivity contribution < 1.29 is 4.42 Å². The fourth-order valence-corrected chi connectivity index (χ4v) is 8.32. The summed E-state index contributed by atoms with van der Waals surface area (Å²) in [5.74, 6) is 0.691. The fraction of sp³-hybridized carbons (Fsp3) is 0. The first-order valence-corrected chi connectivity index (χ1v) is 19.6. The van der Waals surface area contributed by atoms with Gasteiger partial charge in [0, 0.05) is 50.5 Å². The van der Waals surface area contributed by atoms with E-state index in [-0.39, 0.29) is 0 Å². The molecular formula is C54H35N3O. The van der Waals surface area contributed by atoms with Gasteiger partial charge in [0.2, 0.25) is 0 Å². The van der Waals surface area contributed by atoms with Crippen molar-refractivity contribution >= 4 is 60.5 Å². The summed E-state index contributed by atoms with van der Waals surface area (Å²) in [6.07, 6.45) is 0. The first-order chi connectivity index (χ1) is 28.7. The van der Waals surface area contributed by atoms with Crippen molar-refractivity contribution in [2.45, 2.75) is 0 Å². The molecule has 4 heteroatoms. The van der Waals surface area contributed by atoms with Crippen molar-refractivity contribution in [2.24, 2.45) is 0 Å². The van der Waals surface area contributed by atoms with Gasteiger partial charge >= 0.3 is 0 Å². The van der Waals surface area contributed by atoms with Crippen LogP contribution in [0.3, 0.4) is 0 Å². The summed E-state index contributed by atoms with van der Waals surface area (Å²) in [6.45, 7) is 0. The third-order valence-electron chi connectivity index (χ3n) is 11.1. The van der Waals surface area contributed by atoms with Crippen LogP contribution in [0.15, 0.2) is 217 Å². The van der Waals surface area contributed by atoms with Gasteiger partial charge in [-0.2, -0.15) is 0 Å². The number of fused-ring (bicyclic) bond motifs is 5. The Balaban J connectivity index is 1.07. The van der Waals surface area contributed by atoms with Crippen LogP contribution in [0, 0.1) is 0 Å². The van der Waals surface area contributed by atoms with E-state index in [0.717, 1.165) is 94.4 Å². The standard InChI is InChI=1S/C54H35N3O/c1-3-15-38(16-4-1)44-25-11-12-28-51(44)57(40-21-5-2-6-22-40)41-30-31-46-48-33-39(29-32-52(48)58-53(46)34-41)49-35-50(45-26-13-19-36-17-7-9-23-42(36)45)56-54(55-49)47-27-14-20-37-18-8-10-24-43(37)47/h1-35H. The molecule has 58 heavy (non-hydrogen) atoms. The maximum atomic E-state index is 6.64. The second kappa shape index (κ2) is 14.0. The number of furan rings is 1. The molecule has 0 fully saturated rings. The lowest BCUT2D eigenvalue weighted by Gasteiger charge is -2.27. The first-order valence-electron chi connectivity index (χ1n) is 19.6. The van der Waals surface area contributed by atoms with E-state index in [2.05, 4.69) is 217 Å². The van der Waals surface area contributed by atoms with Crippen LogP contribution < -0.4 is 4.90 Å². The summed E-state index contributed by atoms with van der Waals surface area (Å²) < 4.78 is 6.64. The van der Waals surface area contributed by atoms with E-state index >= 15 is 0 Å². The van der Waals surface area contributed by atoms with Crippen LogP contribution >= 0.6 is 0 Å². The molecule has 0 unspecified atom stereocenters. The third-order valence-corrected chi connectivity index (χ3v) is 11.1. The van der Waals surface area contributed by atoms with E-state index < -0.39 is 0 Å². The number of anilines is 3. The van der Waals surface area contributed by atoms with Gasteiger partial charge in [-0.15, -0.1) is 0 Å². The number of aromatic nitrogens is 2. The van der Waals surface area contributed by atoms with Crippen molar-refractivity contribution in [3.63, 3.8) is 0 Å². The Morgan fingerprint density at radius 1 is 0.345 bits per heavy atom. The Hall–Kier alpha value is -7.82. The molecule has 11 rings (SSSR count). The number of hydrogen-bond donors (Lipinski definition) is 0. The summed E-state index contributed by atoms with van der Waals surface area (Å²) in [5, 5.41) is 6.68. The summed E-state index contributed by atoms with van der Waals surface area (Å²) in [7, 11) is 0. The topological polar surface area (TPSA) is 42.2 Å². The molecule has 0 atom stereocenters. The van der Waals surface area contributed by atoms with E-state index in [0.29, 0.717) is 5.82 Å². The molecule has 272 valence electrons. The van der Waals surface area contributed by atoms with Crippen molar-refractivity contribution in [1.29, 1.82) is 0 Å². The molecule has 0 N–H and O–H groups in total. The van der Waals surface area contributed by atoms with Crippen molar-refractivity contribution in [3.8, 4) is 45.0 Å². The average Bonchev–Trinajstić information content (AvgIpc) is 3.67. The van der Waals surface area contributed by atoms with Crippen LogP contribution in [-0.4, -0.2) is 9.97 Å². The van der Waals surface area contributed by atoms with E-state index in [4.69, 9.17) is 14.4 Å². The van der Waals surface area contributed by atoms with E-state index in [1.807, 2.05) is 0 Å². The maximum absolute atomic E-state index is 6.64. The van der Waals surface area contributed by atoms with Crippen LogP contribution in [0.4, 0.5) is 17.1 Å². The van der Waals surface area contributed by atoms with Crippen LogP contribution in [0.1, 0.15) is 0 Å². The lowest BCUT2D eigenvalue weighted by molar-refractivity contribution is 0.669. The molecule has 0 aliphatic rings. The van der Waals surface area contributed by atoms with Gasteiger partial charge in [0.15, 0.2) is 5.82 Å². The van der Waals surface area contributed by atoms with Crippen molar-refractivity contribution in [3.05, 3.63) is 212 Å². The molecular weight excluding hydrogens is 707 g/mol. The smallest absolute Gasteiger partial charge is 0.161 e. The maximum Gasteiger partial charge on any atom is 0.161 e. The van der Waals surface area contributed by atoms with Crippen LogP contribution in [0.5, 0.6) is 0 Å². The minimum Gasteiger partial charge on any atom is -0.456 e. The molecule has 0 aliphatic heterocycles. The zero-order valence-corrected chi connectivity index (χ0v) is 31.5. The second-order valence-corrected chi connectivity index (χ2v) is 14.6. The molecule has 0 saturated heterocycles. The molecule has 0 bridgehead atoms. The van der Waals surface area contributed by atoms with Gasteiger partial charge in [0.25, 0.3) is 0 Å². The van der Waals surface area contributed by atoms with Crippen LogP contribution in [0.2, 0.25) is 0 Å². The first kappa shape index (κ1) is 33.5. The summed E-state index contributed by atoms with van der Waals surface area (Å²) in [5.41, 5.74) is 11.9. The predicted octanol–water partition coefficient (Wildman–Crippen LogP) is 14.8. The number of para-hydroxylation sites is 2. The molecule has 2 aromatic heterocycles. The summed E-state index contributed by atoms with van der Waals surface area (Å²) >= 11 is 0. The highest BCUT2D eigenvalue weighted by atomic mass is 16.3. The van der Waals surface area contributed by atoms with Crippen LogP contribution in [-0.2, 0) is 0 Å². The Kier molecular flexibility index (Phi) is 8.11. The highest BCUT2D eigenvalue weighted by molar-refractivity contribution is 6.08. The van der Waals surface area contributed by atoms with Gasteiger partial charge in [0.05, 0.1) is 17.1 Å². The Morgan fingerprint density at radius 2 is 0.966 bits per heavy atom. The Labute approximate surface area is 335 Å². The highest BCUT2D eigenvalue weighted by Gasteiger charge is 2.20. The zero-order chi connectivity index (χ0) is 38.4. The van der Waals surface area contributed by atoms with Crippen LogP contribution in [0.25, 0.3) is 88.5 Å². The predicted molar refractivity (Wildman–Crippen MR) is 241 cm³/mol. The SMILES string of the molecule is c1ccc(-c2ccccc2N(c2ccccc2)c2ccc3c(c2)oc2ccc(-c4cc(-c5cccc6ccccc56)nc(-c5cccc6ccccc56)n4)cc23)cc1. The van der Waals surface area contributed by atoms with E-state index in [1.165, 1.54) is 5.39 Å². The van der Waals surface area contributed by atoms with E-state index in [9.17, 15) is 0 Å². The molecule has 0 spiro atoms. The Bertz CT molecular complexity index is 3190. The lowest BCUT2D eigenvalue weighted by atomic mass is 9.99. The molecule has 0 aliphatic carbocycles. The van der Waals surface area contributed by atoms with E-state index in [1.54, 1.807) is 0 Å². The number of benzene rings is 9. The quantitative estimate of drug-likeness (QED) is 0.163. The third kappa shape index (κ3) is 5.87. The van der Waals surface area contributed by atoms with Crippen molar-refractivity contribution in [2.75, 3.05) is 4.90 Å². The van der Waals surface area contributed by atoms with Gasteiger partial charge in [-0.05, 0) is 81.7 Å². The molecule has 11 aromatic rings. The second-order valence-electron chi connectivity index (χ2n) is 14.6. The minimum atomic E-state index is 0.691. The molecule has 4 nitrogen and oxygen atoms in total.